The molecule has 1 amide bonds. The molecule has 0 aliphatic heterocycles. The summed E-state index contributed by atoms with van der Waals surface area (Å²) in [5.74, 6) is 1.02. The summed E-state index contributed by atoms with van der Waals surface area (Å²) in [7, 11) is 0. The van der Waals surface area contributed by atoms with E-state index in [2.05, 4.69) is 31.2 Å². The second-order valence-corrected chi connectivity index (χ2v) is 7.48. The second-order valence-electron chi connectivity index (χ2n) is 6.56. The van der Waals surface area contributed by atoms with Crippen LogP contribution in [-0.2, 0) is 0 Å². The van der Waals surface area contributed by atoms with Gasteiger partial charge in [-0.15, -0.1) is 0 Å². The molecule has 1 N–H and O–H groups in total. The highest BCUT2D eigenvalue weighted by molar-refractivity contribution is 9.10. The number of nitrogens with one attached hydrogen (secondary N) is 1. The van der Waals surface area contributed by atoms with Gasteiger partial charge in [0, 0.05) is 33.7 Å². The fraction of sp³-hybridized carbons (Fsp3) is 0. The topological polar surface area (TPSA) is 81.2 Å². The molecule has 0 saturated heterocycles. The maximum Gasteiger partial charge on any atom is 0.291 e. The average Bonchev–Trinajstić information content (AvgIpc) is 3.42. The standard InChI is InChI=1S/C23H14BrN3O3/c24-16-3-1-14(2-4-16)19-7-8-21(29-19)22(28)26-17-5-6-20-18(13-17)27-23(30-20)15-9-11-25-12-10-15/h1-13H,(H,26,28). The monoisotopic (exact) mass is 459 g/mol. The summed E-state index contributed by atoms with van der Waals surface area (Å²) in [5.41, 5.74) is 3.61. The van der Waals surface area contributed by atoms with Gasteiger partial charge in [0.05, 0.1) is 0 Å². The molecule has 0 aliphatic rings. The van der Waals surface area contributed by atoms with Crippen molar-refractivity contribution in [1.82, 2.24) is 9.97 Å². The van der Waals surface area contributed by atoms with Gasteiger partial charge in [-0.25, -0.2) is 4.98 Å². The van der Waals surface area contributed by atoms with Crippen LogP contribution in [0.2, 0.25) is 0 Å². The number of rotatable bonds is 4. The summed E-state index contributed by atoms with van der Waals surface area (Å²) in [4.78, 5) is 21.1. The molecule has 0 spiro atoms. The van der Waals surface area contributed by atoms with Gasteiger partial charge in [0.1, 0.15) is 11.3 Å². The van der Waals surface area contributed by atoms with Crippen LogP contribution in [0.3, 0.4) is 0 Å². The van der Waals surface area contributed by atoms with Gasteiger partial charge in [-0.2, -0.15) is 0 Å². The summed E-state index contributed by atoms with van der Waals surface area (Å²) in [6.45, 7) is 0. The Morgan fingerprint density at radius 3 is 2.47 bits per heavy atom. The maximum absolute atomic E-state index is 12.6. The third kappa shape index (κ3) is 3.62. The lowest BCUT2D eigenvalue weighted by atomic mass is 10.2. The summed E-state index contributed by atoms with van der Waals surface area (Å²) >= 11 is 3.41. The molecule has 3 aromatic heterocycles. The van der Waals surface area contributed by atoms with E-state index in [1.54, 1.807) is 42.7 Å². The molecule has 0 radical (unpaired) electrons. The van der Waals surface area contributed by atoms with Crippen LogP contribution in [0.25, 0.3) is 33.9 Å². The number of hydrogen-bond donors (Lipinski definition) is 1. The number of nitrogens with zero attached hydrogens (tertiary/aromatic N) is 2. The van der Waals surface area contributed by atoms with E-state index in [1.165, 1.54) is 0 Å². The van der Waals surface area contributed by atoms with Gasteiger partial charge in [0.15, 0.2) is 11.3 Å². The lowest BCUT2D eigenvalue weighted by molar-refractivity contribution is 0.0997. The molecule has 5 aromatic rings. The number of carbonyl (C=O) groups is 1. The number of anilines is 1. The summed E-state index contributed by atoms with van der Waals surface area (Å²) in [6.07, 6.45) is 3.36. The van der Waals surface area contributed by atoms with Gasteiger partial charge in [0.2, 0.25) is 5.89 Å². The number of halogens is 1. The molecule has 2 aromatic carbocycles. The fourth-order valence-corrected chi connectivity index (χ4v) is 3.31. The van der Waals surface area contributed by atoms with E-state index in [9.17, 15) is 4.79 Å². The molecular formula is C23H14BrN3O3. The van der Waals surface area contributed by atoms with Crippen molar-refractivity contribution in [2.24, 2.45) is 0 Å². The van der Waals surface area contributed by atoms with E-state index >= 15 is 0 Å². The van der Waals surface area contributed by atoms with E-state index < -0.39 is 0 Å². The van der Waals surface area contributed by atoms with Crippen LogP contribution in [0.5, 0.6) is 0 Å². The number of furan rings is 1. The second kappa shape index (κ2) is 7.61. The first-order valence-electron chi connectivity index (χ1n) is 9.14. The Kier molecular flexibility index (Phi) is 4.65. The molecule has 0 aliphatic carbocycles. The van der Waals surface area contributed by atoms with E-state index in [1.807, 2.05) is 36.4 Å². The molecule has 3 heterocycles. The first-order chi connectivity index (χ1) is 14.7. The van der Waals surface area contributed by atoms with Gasteiger partial charge >= 0.3 is 0 Å². The zero-order valence-electron chi connectivity index (χ0n) is 15.5. The smallest absolute Gasteiger partial charge is 0.291 e. The molecule has 0 bridgehead atoms. The van der Waals surface area contributed by atoms with Crippen molar-refractivity contribution in [2.75, 3.05) is 5.32 Å². The van der Waals surface area contributed by atoms with Crippen molar-refractivity contribution in [3.05, 3.63) is 89.4 Å². The Bertz CT molecular complexity index is 1340. The number of oxazole rings is 1. The highest BCUT2D eigenvalue weighted by Gasteiger charge is 2.14. The molecule has 30 heavy (non-hydrogen) atoms. The molecule has 7 heteroatoms. The highest BCUT2D eigenvalue weighted by Crippen LogP contribution is 2.27. The third-order valence-electron chi connectivity index (χ3n) is 4.53. The number of fused-ring (bicyclic) bond motifs is 1. The van der Waals surface area contributed by atoms with Crippen molar-refractivity contribution in [1.29, 1.82) is 0 Å². The Morgan fingerprint density at radius 1 is 0.867 bits per heavy atom. The number of benzene rings is 2. The first-order valence-corrected chi connectivity index (χ1v) is 9.93. The first kappa shape index (κ1) is 18.3. The van der Waals surface area contributed by atoms with Crippen LogP contribution in [-0.4, -0.2) is 15.9 Å². The maximum atomic E-state index is 12.6. The Morgan fingerprint density at radius 2 is 1.67 bits per heavy atom. The molecule has 0 atom stereocenters. The van der Waals surface area contributed by atoms with E-state index in [-0.39, 0.29) is 11.7 Å². The summed E-state index contributed by atoms with van der Waals surface area (Å²) in [6, 6.07) is 20.1. The third-order valence-corrected chi connectivity index (χ3v) is 5.06. The van der Waals surface area contributed by atoms with Gasteiger partial charge in [0.25, 0.3) is 5.91 Å². The molecule has 0 saturated carbocycles. The molecule has 0 fully saturated rings. The minimum atomic E-state index is -0.337. The lowest BCUT2D eigenvalue weighted by Crippen LogP contribution is -2.10. The number of carbonyl (C=O) groups excluding carboxylic acids is 1. The number of aromatic nitrogens is 2. The highest BCUT2D eigenvalue weighted by atomic mass is 79.9. The van der Waals surface area contributed by atoms with Crippen LogP contribution in [0.1, 0.15) is 10.6 Å². The summed E-state index contributed by atoms with van der Waals surface area (Å²) < 4.78 is 12.5. The zero-order valence-corrected chi connectivity index (χ0v) is 17.1. The van der Waals surface area contributed by atoms with Crippen LogP contribution in [0.4, 0.5) is 5.69 Å². The van der Waals surface area contributed by atoms with Gasteiger partial charge in [-0.1, -0.05) is 28.1 Å². The Hall–Kier alpha value is -3.71. The molecular weight excluding hydrogens is 446 g/mol. The lowest BCUT2D eigenvalue weighted by Gasteiger charge is -2.03. The predicted molar refractivity (Wildman–Crippen MR) is 117 cm³/mol. The molecule has 6 nitrogen and oxygen atoms in total. The zero-order chi connectivity index (χ0) is 20.5. The minimum absolute atomic E-state index is 0.227. The van der Waals surface area contributed by atoms with Crippen molar-refractivity contribution in [3.8, 4) is 22.8 Å². The quantitative estimate of drug-likeness (QED) is 0.347. The fourth-order valence-electron chi connectivity index (χ4n) is 3.05. The van der Waals surface area contributed by atoms with Gasteiger partial charge in [-0.3, -0.25) is 9.78 Å². The van der Waals surface area contributed by atoms with E-state index in [0.717, 1.165) is 15.6 Å². The van der Waals surface area contributed by atoms with Gasteiger partial charge < -0.3 is 14.2 Å². The van der Waals surface area contributed by atoms with Crippen LogP contribution >= 0.6 is 15.9 Å². The van der Waals surface area contributed by atoms with Crippen molar-refractivity contribution >= 4 is 38.6 Å². The minimum Gasteiger partial charge on any atom is -0.451 e. The predicted octanol–water partition coefficient (Wildman–Crippen LogP) is 6.16. The molecule has 146 valence electrons. The van der Waals surface area contributed by atoms with Crippen molar-refractivity contribution in [3.63, 3.8) is 0 Å². The summed E-state index contributed by atoms with van der Waals surface area (Å²) in [5, 5.41) is 2.84. The average molecular weight is 460 g/mol. The Labute approximate surface area is 179 Å². The number of amides is 1. The molecule has 5 rings (SSSR count). The number of pyridine rings is 1. The van der Waals surface area contributed by atoms with Crippen LogP contribution in [0, 0.1) is 0 Å². The Balaban J connectivity index is 1.36. The van der Waals surface area contributed by atoms with Crippen molar-refractivity contribution < 1.29 is 13.6 Å². The molecule has 0 unspecified atom stereocenters. The number of hydrogen-bond acceptors (Lipinski definition) is 5. The van der Waals surface area contributed by atoms with E-state index in [4.69, 9.17) is 8.83 Å². The van der Waals surface area contributed by atoms with Crippen LogP contribution < -0.4 is 5.32 Å². The SMILES string of the molecule is O=C(Nc1ccc2oc(-c3ccncc3)nc2c1)c1ccc(-c2ccc(Br)cc2)o1. The van der Waals surface area contributed by atoms with Gasteiger partial charge in [-0.05, 0) is 54.6 Å². The van der Waals surface area contributed by atoms with E-state index in [0.29, 0.717) is 28.4 Å². The van der Waals surface area contributed by atoms with Crippen LogP contribution in [0.15, 0.2) is 92.4 Å². The largest absolute Gasteiger partial charge is 0.451 e. The normalized spacial score (nSPS) is 11.0. The van der Waals surface area contributed by atoms with Crippen molar-refractivity contribution in [2.45, 2.75) is 0 Å².